The molecule has 1 aromatic rings. The van der Waals surface area contributed by atoms with Crippen LogP contribution in [-0.4, -0.2) is 53.3 Å². The molecule has 0 unspecified atom stereocenters. The van der Waals surface area contributed by atoms with Crippen molar-refractivity contribution in [3.63, 3.8) is 0 Å². The third-order valence-electron chi connectivity index (χ3n) is 3.00. The summed E-state index contributed by atoms with van der Waals surface area (Å²) in [4.78, 5) is 37.9. The fourth-order valence-electron chi connectivity index (χ4n) is 1.75. The van der Waals surface area contributed by atoms with Crippen LogP contribution in [0.25, 0.3) is 0 Å². The van der Waals surface area contributed by atoms with E-state index in [-0.39, 0.29) is 17.9 Å². The minimum atomic E-state index is -5.08. The minimum absolute atomic E-state index is 0.0813. The Balaban J connectivity index is 0.000000236. The number of nitrogens with one attached hydrogen (secondary N) is 1. The first-order chi connectivity index (χ1) is 10.7. The van der Waals surface area contributed by atoms with Gasteiger partial charge in [-0.05, 0) is 12.1 Å². The fourth-order valence-corrected chi connectivity index (χ4v) is 1.75. The first-order valence-electron chi connectivity index (χ1n) is 6.37. The van der Waals surface area contributed by atoms with Gasteiger partial charge in [0.15, 0.2) is 0 Å². The Kier molecular flexibility index (Phi) is 4.66. The zero-order valence-electron chi connectivity index (χ0n) is 11.5. The van der Waals surface area contributed by atoms with Crippen molar-refractivity contribution in [2.45, 2.75) is 12.3 Å². The third-order valence-corrected chi connectivity index (χ3v) is 3.00. The Bertz CT molecular complexity index is 608. The molecule has 1 aromatic carbocycles. The van der Waals surface area contributed by atoms with Gasteiger partial charge in [-0.15, -0.1) is 5.06 Å². The second-order valence-electron chi connectivity index (χ2n) is 4.64. The number of carbonyl (C=O) groups is 3. The van der Waals surface area contributed by atoms with Gasteiger partial charge in [-0.1, -0.05) is 12.1 Å². The summed E-state index contributed by atoms with van der Waals surface area (Å²) < 4.78 is 31.7. The number of rotatable bonds is 2. The highest BCUT2D eigenvalue weighted by atomic mass is 19.4. The summed E-state index contributed by atoms with van der Waals surface area (Å²) in [5, 5.41) is 11.0. The third kappa shape index (κ3) is 3.66. The number of fused-ring (bicyclic) bond motifs is 1. The van der Waals surface area contributed by atoms with Gasteiger partial charge < -0.3 is 10.4 Å². The highest BCUT2D eigenvalue weighted by molar-refractivity contribution is 6.20. The lowest BCUT2D eigenvalue weighted by Gasteiger charge is -2.29. The average molecular weight is 332 g/mol. The van der Waals surface area contributed by atoms with Gasteiger partial charge in [0.2, 0.25) is 0 Å². The molecule has 2 aliphatic heterocycles. The van der Waals surface area contributed by atoms with Crippen LogP contribution in [0, 0.1) is 0 Å². The summed E-state index contributed by atoms with van der Waals surface area (Å²) in [7, 11) is 0. The second kappa shape index (κ2) is 6.34. The summed E-state index contributed by atoms with van der Waals surface area (Å²) in [6.07, 6.45) is -5.16. The topological polar surface area (TPSA) is 95.9 Å². The predicted octanol–water partition coefficient (Wildman–Crippen LogP) is 0.819. The summed E-state index contributed by atoms with van der Waals surface area (Å²) in [5.41, 5.74) is 0.833. The Morgan fingerprint density at radius 3 is 1.91 bits per heavy atom. The SMILES string of the molecule is O=C(O)C(F)(F)F.O=C1c2ccccc2C(=O)N1OC1CNC1. The van der Waals surface area contributed by atoms with Gasteiger partial charge in [-0.2, -0.15) is 13.2 Å². The smallest absolute Gasteiger partial charge is 0.475 e. The van der Waals surface area contributed by atoms with Crippen molar-refractivity contribution in [1.29, 1.82) is 0 Å². The molecule has 1 saturated heterocycles. The molecule has 2 amide bonds. The molecule has 7 nitrogen and oxygen atoms in total. The van der Waals surface area contributed by atoms with Crippen LogP contribution in [-0.2, 0) is 9.63 Å². The van der Waals surface area contributed by atoms with Gasteiger partial charge in [-0.25, -0.2) is 4.79 Å². The summed E-state index contributed by atoms with van der Waals surface area (Å²) >= 11 is 0. The molecule has 0 aliphatic carbocycles. The van der Waals surface area contributed by atoms with Crippen molar-refractivity contribution in [2.24, 2.45) is 0 Å². The predicted molar refractivity (Wildman–Crippen MR) is 68.4 cm³/mol. The van der Waals surface area contributed by atoms with Gasteiger partial charge in [0.1, 0.15) is 6.10 Å². The standard InChI is InChI=1S/C11H10N2O3.C2HF3O2/c14-10-8-3-1-2-4-9(8)11(15)13(10)16-7-5-12-6-7;3-2(4,5)1(6)7/h1-4,7,12H,5-6H2;(H,6,7). The summed E-state index contributed by atoms with van der Waals surface area (Å²) in [6, 6.07) is 6.74. The zero-order valence-corrected chi connectivity index (χ0v) is 11.5. The van der Waals surface area contributed by atoms with E-state index in [2.05, 4.69) is 5.32 Å². The number of carboxylic acid groups (broad SMARTS) is 1. The molecule has 0 saturated carbocycles. The molecule has 0 radical (unpaired) electrons. The van der Waals surface area contributed by atoms with Gasteiger partial charge in [0.05, 0.1) is 11.1 Å². The number of aliphatic carboxylic acids is 1. The van der Waals surface area contributed by atoms with Crippen molar-refractivity contribution in [1.82, 2.24) is 10.4 Å². The molecule has 2 N–H and O–H groups in total. The summed E-state index contributed by atoms with van der Waals surface area (Å²) in [5.74, 6) is -3.49. The molecule has 1 fully saturated rings. The number of alkyl halides is 3. The van der Waals surface area contributed by atoms with E-state index in [0.717, 1.165) is 5.06 Å². The number of imide groups is 1. The van der Waals surface area contributed by atoms with E-state index in [1.54, 1.807) is 24.3 Å². The van der Waals surface area contributed by atoms with Crippen LogP contribution in [0.15, 0.2) is 24.3 Å². The number of carbonyl (C=O) groups excluding carboxylic acids is 2. The van der Waals surface area contributed by atoms with Crippen LogP contribution in [0.4, 0.5) is 13.2 Å². The molecule has 2 aliphatic rings. The number of nitrogens with zero attached hydrogens (tertiary/aromatic N) is 1. The van der Waals surface area contributed by atoms with Gasteiger partial charge >= 0.3 is 12.1 Å². The molecule has 3 rings (SSSR count). The van der Waals surface area contributed by atoms with E-state index in [0.29, 0.717) is 24.2 Å². The largest absolute Gasteiger partial charge is 0.490 e. The van der Waals surface area contributed by atoms with Crippen molar-refractivity contribution in [2.75, 3.05) is 13.1 Å². The second-order valence-corrected chi connectivity index (χ2v) is 4.64. The lowest BCUT2D eigenvalue weighted by atomic mass is 10.1. The number of amides is 2. The monoisotopic (exact) mass is 332 g/mol. The van der Waals surface area contributed by atoms with Gasteiger partial charge in [0, 0.05) is 13.1 Å². The Morgan fingerprint density at radius 2 is 1.61 bits per heavy atom. The van der Waals surface area contributed by atoms with Crippen LogP contribution in [0.3, 0.4) is 0 Å². The van der Waals surface area contributed by atoms with E-state index in [4.69, 9.17) is 14.7 Å². The molecule has 124 valence electrons. The molecule has 10 heteroatoms. The Morgan fingerprint density at radius 1 is 1.17 bits per heavy atom. The molecule has 0 aromatic heterocycles. The van der Waals surface area contributed by atoms with E-state index in [1.807, 2.05) is 0 Å². The Hall–Kier alpha value is -2.46. The van der Waals surface area contributed by atoms with Crippen molar-refractivity contribution >= 4 is 17.8 Å². The molecular formula is C13H11F3N2O5. The maximum Gasteiger partial charge on any atom is 0.490 e. The highest BCUT2D eigenvalue weighted by Gasteiger charge is 2.39. The fraction of sp³-hybridized carbons (Fsp3) is 0.308. The molecule has 2 heterocycles. The molecule has 0 atom stereocenters. The minimum Gasteiger partial charge on any atom is -0.475 e. The van der Waals surface area contributed by atoms with Crippen LogP contribution < -0.4 is 5.32 Å². The van der Waals surface area contributed by atoms with Crippen LogP contribution in [0.2, 0.25) is 0 Å². The molecule has 0 spiro atoms. The first-order valence-corrected chi connectivity index (χ1v) is 6.37. The molecule has 23 heavy (non-hydrogen) atoms. The lowest BCUT2D eigenvalue weighted by Crippen LogP contribution is -2.52. The quantitative estimate of drug-likeness (QED) is 0.779. The van der Waals surface area contributed by atoms with Gasteiger partial charge in [-0.3, -0.25) is 14.4 Å². The van der Waals surface area contributed by atoms with Crippen molar-refractivity contribution in [3.8, 4) is 0 Å². The van der Waals surface area contributed by atoms with E-state index < -0.39 is 12.1 Å². The Labute approximate surface area is 127 Å². The first kappa shape index (κ1) is 16.9. The summed E-state index contributed by atoms with van der Waals surface area (Å²) in [6.45, 7) is 1.35. The zero-order chi connectivity index (χ0) is 17.2. The van der Waals surface area contributed by atoms with Crippen molar-refractivity contribution < 1.29 is 37.5 Å². The number of hydroxylamine groups is 2. The van der Waals surface area contributed by atoms with Crippen LogP contribution in [0.5, 0.6) is 0 Å². The number of hydrogen-bond donors (Lipinski definition) is 2. The maximum atomic E-state index is 11.8. The van der Waals surface area contributed by atoms with E-state index in [1.165, 1.54) is 0 Å². The van der Waals surface area contributed by atoms with Crippen LogP contribution >= 0.6 is 0 Å². The lowest BCUT2D eigenvalue weighted by molar-refractivity contribution is -0.192. The van der Waals surface area contributed by atoms with E-state index >= 15 is 0 Å². The maximum absolute atomic E-state index is 11.8. The highest BCUT2D eigenvalue weighted by Crippen LogP contribution is 2.23. The van der Waals surface area contributed by atoms with Gasteiger partial charge in [0.25, 0.3) is 11.8 Å². The number of halogens is 3. The number of benzene rings is 1. The average Bonchev–Trinajstić information content (AvgIpc) is 2.67. The van der Waals surface area contributed by atoms with Crippen molar-refractivity contribution in [3.05, 3.63) is 35.4 Å². The van der Waals surface area contributed by atoms with E-state index in [9.17, 15) is 22.8 Å². The number of carboxylic acids is 1. The number of hydrogen-bond acceptors (Lipinski definition) is 5. The van der Waals surface area contributed by atoms with Crippen LogP contribution in [0.1, 0.15) is 20.7 Å². The molecule has 0 bridgehead atoms. The normalized spacial score (nSPS) is 17.3. The molecular weight excluding hydrogens is 321 g/mol.